The Kier molecular flexibility index (Phi) is 8.92. The second-order valence-electron chi connectivity index (χ2n) is 4.47. The minimum Gasteiger partial charge on any atom is -0.258 e. The first kappa shape index (κ1) is 16.6. The monoisotopic (exact) mass is 246 g/mol. The van der Waals surface area contributed by atoms with Crippen LogP contribution >= 0.6 is 0 Å². The lowest BCUT2D eigenvalue weighted by molar-refractivity contribution is 0.473. The third-order valence-electron chi connectivity index (χ3n) is 2.95. The van der Waals surface area contributed by atoms with E-state index < -0.39 is 0 Å². The zero-order valence-corrected chi connectivity index (χ0v) is 12.4. The average molecular weight is 246 g/mol. The predicted molar refractivity (Wildman–Crippen MR) is 77.4 cm³/mol. The molecule has 100 valence electrons. The van der Waals surface area contributed by atoms with E-state index in [0.29, 0.717) is 18.3 Å². The molecule has 0 aliphatic heterocycles. The Hall–Kier alpha value is -1.36. The van der Waals surface area contributed by atoms with Gasteiger partial charge in [-0.2, -0.15) is 5.26 Å². The molecule has 0 radical (unpaired) electrons. The molecule has 0 aliphatic carbocycles. The molecule has 0 amide bonds. The van der Waals surface area contributed by atoms with Gasteiger partial charge in [-0.25, -0.2) is 0 Å². The summed E-state index contributed by atoms with van der Waals surface area (Å²) in [5.41, 5.74) is 2.21. The highest BCUT2D eigenvalue weighted by atomic mass is 14.7. The lowest BCUT2D eigenvalue weighted by Gasteiger charge is -2.18. The van der Waals surface area contributed by atoms with E-state index >= 15 is 0 Å². The lowest BCUT2D eigenvalue weighted by atomic mass is 9.89. The molecule has 0 bridgehead atoms. The van der Waals surface area contributed by atoms with Gasteiger partial charge in [0, 0.05) is 30.1 Å². The number of rotatable bonds is 5. The Morgan fingerprint density at radius 1 is 1.28 bits per heavy atom. The van der Waals surface area contributed by atoms with Gasteiger partial charge in [0.25, 0.3) is 0 Å². The Morgan fingerprint density at radius 2 is 1.94 bits per heavy atom. The Balaban J connectivity index is 0.00000137. The quantitative estimate of drug-likeness (QED) is 0.754. The van der Waals surface area contributed by atoms with Crippen LogP contribution in [0.2, 0.25) is 0 Å². The second kappa shape index (κ2) is 9.65. The van der Waals surface area contributed by atoms with Crippen LogP contribution in [-0.2, 0) is 6.42 Å². The lowest BCUT2D eigenvalue weighted by Crippen LogP contribution is -2.08. The van der Waals surface area contributed by atoms with E-state index in [0.717, 1.165) is 18.5 Å². The van der Waals surface area contributed by atoms with Gasteiger partial charge in [-0.15, -0.1) is 0 Å². The van der Waals surface area contributed by atoms with Crippen molar-refractivity contribution in [2.75, 3.05) is 0 Å². The minimum atomic E-state index is 0.530. The van der Waals surface area contributed by atoms with Crippen LogP contribution < -0.4 is 0 Å². The maximum Gasteiger partial charge on any atom is 0.0625 e. The van der Waals surface area contributed by atoms with Crippen LogP contribution in [0.5, 0.6) is 0 Å². The van der Waals surface area contributed by atoms with Crippen molar-refractivity contribution in [3.05, 3.63) is 29.6 Å². The highest BCUT2D eigenvalue weighted by Crippen LogP contribution is 2.26. The maximum atomic E-state index is 8.56. The maximum absolute atomic E-state index is 8.56. The van der Waals surface area contributed by atoms with Crippen LogP contribution in [0, 0.1) is 17.2 Å². The Labute approximate surface area is 112 Å². The van der Waals surface area contributed by atoms with Crippen molar-refractivity contribution in [3.63, 3.8) is 0 Å². The Bertz CT molecular complexity index is 364. The molecule has 18 heavy (non-hydrogen) atoms. The van der Waals surface area contributed by atoms with Gasteiger partial charge < -0.3 is 0 Å². The van der Waals surface area contributed by atoms with Gasteiger partial charge in [0.1, 0.15) is 0 Å². The normalized spacial score (nSPS) is 11.4. The van der Waals surface area contributed by atoms with Gasteiger partial charge in [-0.3, -0.25) is 4.98 Å². The summed E-state index contributed by atoms with van der Waals surface area (Å²) in [5, 5.41) is 8.56. The zero-order chi connectivity index (χ0) is 14.0. The van der Waals surface area contributed by atoms with Crippen LogP contribution in [0.4, 0.5) is 0 Å². The fourth-order valence-electron chi connectivity index (χ4n) is 2.05. The molecule has 0 aromatic carbocycles. The average Bonchev–Trinajstić information content (AvgIpc) is 2.39. The van der Waals surface area contributed by atoms with Crippen molar-refractivity contribution in [2.24, 2.45) is 5.92 Å². The Morgan fingerprint density at radius 3 is 2.44 bits per heavy atom. The molecule has 0 aliphatic rings. The smallest absolute Gasteiger partial charge is 0.0625 e. The summed E-state index contributed by atoms with van der Waals surface area (Å²) >= 11 is 0. The van der Waals surface area contributed by atoms with Crippen molar-refractivity contribution in [1.82, 2.24) is 4.98 Å². The number of aryl methyl sites for hydroxylation is 1. The number of hydrogen-bond donors (Lipinski definition) is 0. The molecule has 0 saturated carbocycles. The molecule has 0 N–H and O–H groups in total. The van der Waals surface area contributed by atoms with E-state index in [2.05, 4.69) is 44.0 Å². The first-order valence-electron chi connectivity index (χ1n) is 7.01. The van der Waals surface area contributed by atoms with Crippen molar-refractivity contribution < 1.29 is 0 Å². The van der Waals surface area contributed by atoms with Crippen LogP contribution in [-0.4, -0.2) is 4.98 Å². The fraction of sp³-hybridized carbons (Fsp3) is 0.625. The summed E-state index contributed by atoms with van der Waals surface area (Å²) in [7, 11) is 0. The number of hydrogen-bond acceptors (Lipinski definition) is 2. The van der Waals surface area contributed by atoms with Crippen molar-refractivity contribution in [2.45, 2.75) is 59.8 Å². The first-order chi connectivity index (χ1) is 8.69. The van der Waals surface area contributed by atoms with Crippen LogP contribution in [0.25, 0.3) is 0 Å². The third-order valence-corrected chi connectivity index (χ3v) is 2.95. The minimum absolute atomic E-state index is 0.530. The van der Waals surface area contributed by atoms with Crippen molar-refractivity contribution in [1.29, 1.82) is 5.26 Å². The van der Waals surface area contributed by atoms with Crippen molar-refractivity contribution >= 4 is 0 Å². The van der Waals surface area contributed by atoms with Crippen LogP contribution in [0.3, 0.4) is 0 Å². The molecule has 1 unspecified atom stereocenters. The molecule has 2 nitrogen and oxygen atoms in total. The molecule has 0 fully saturated rings. The van der Waals surface area contributed by atoms with Crippen LogP contribution in [0.15, 0.2) is 18.2 Å². The summed E-state index contributed by atoms with van der Waals surface area (Å²) in [6.45, 7) is 10.7. The predicted octanol–water partition coefficient (Wildman–Crippen LogP) is 4.71. The van der Waals surface area contributed by atoms with Gasteiger partial charge in [0.05, 0.1) is 6.07 Å². The largest absolute Gasteiger partial charge is 0.258 e. The van der Waals surface area contributed by atoms with Gasteiger partial charge in [-0.1, -0.05) is 40.7 Å². The number of nitrogens with zero attached hydrogens (tertiary/aromatic N) is 2. The summed E-state index contributed by atoms with van der Waals surface area (Å²) in [5.74, 6) is 1.14. The number of pyridine rings is 1. The van der Waals surface area contributed by atoms with Gasteiger partial charge in [-0.05, 0) is 24.5 Å². The molecule has 2 heteroatoms. The molecule has 1 atom stereocenters. The molecule has 1 aromatic rings. The second-order valence-corrected chi connectivity index (χ2v) is 4.47. The zero-order valence-electron chi connectivity index (χ0n) is 12.4. The summed E-state index contributed by atoms with van der Waals surface area (Å²) in [6, 6.07) is 8.33. The number of aromatic nitrogens is 1. The highest BCUT2D eigenvalue weighted by molar-refractivity contribution is 5.16. The SMILES string of the molecule is CC.CCC(c1cccc(CCC#N)n1)C(C)C. The fourth-order valence-corrected chi connectivity index (χ4v) is 2.05. The van der Waals surface area contributed by atoms with Crippen LogP contribution in [0.1, 0.15) is 64.8 Å². The van der Waals surface area contributed by atoms with Crippen molar-refractivity contribution in [3.8, 4) is 6.07 Å². The molecule has 1 aromatic heterocycles. The first-order valence-corrected chi connectivity index (χ1v) is 7.01. The molecule has 0 spiro atoms. The van der Waals surface area contributed by atoms with E-state index in [1.807, 2.05) is 19.9 Å². The van der Waals surface area contributed by atoms with E-state index in [1.165, 1.54) is 5.69 Å². The van der Waals surface area contributed by atoms with E-state index in [1.54, 1.807) is 0 Å². The van der Waals surface area contributed by atoms with Gasteiger partial charge in [0.2, 0.25) is 0 Å². The third kappa shape index (κ3) is 5.31. The molecule has 1 heterocycles. The van der Waals surface area contributed by atoms with E-state index in [4.69, 9.17) is 5.26 Å². The molecule has 0 saturated heterocycles. The summed E-state index contributed by atoms with van der Waals surface area (Å²) < 4.78 is 0. The summed E-state index contributed by atoms with van der Waals surface area (Å²) in [6.07, 6.45) is 2.43. The topological polar surface area (TPSA) is 36.7 Å². The molecular weight excluding hydrogens is 220 g/mol. The standard InChI is InChI=1S/C14H20N2.C2H6/c1-4-13(11(2)3)14-9-5-7-12(16-14)8-6-10-15;1-2/h5,7,9,11,13H,4,6,8H2,1-3H3;1-2H3. The summed E-state index contributed by atoms with van der Waals surface area (Å²) in [4.78, 5) is 4.65. The molecule has 1 rings (SSSR count). The van der Waals surface area contributed by atoms with Gasteiger partial charge >= 0.3 is 0 Å². The highest BCUT2D eigenvalue weighted by Gasteiger charge is 2.14. The van der Waals surface area contributed by atoms with E-state index in [-0.39, 0.29) is 0 Å². The number of nitriles is 1. The molecular formula is C16H26N2. The van der Waals surface area contributed by atoms with E-state index in [9.17, 15) is 0 Å². The van der Waals surface area contributed by atoms with Gasteiger partial charge in [0.15, 0.2) is 0 Å².